The second-order valence-electron chi connectivity index (χ2n) is 10.5. The number of rotatable bonds is 11. The number of carbonyl (C=O) groups is 3. The molecule has 1 aromatic carbocycles. The molecule has 3 amide bonds. The molecular formula is C29H38ClN3O5. The van der Waals surface area contributed by atoms with Crippen molar-refractivity contribution < 1.29 is 24.2 Å². The number of para-hydroxylation sites is 1. The average Bonchev–Trinajstić information content (AvgIpc) is 3.54. The number of aliphatic hydroxyl groups excluding tert-OH is 1. The van der Waals surface area contributed by atoms with E-state index >= 15 is 0 Å². The molecule has 9 heteroatoms. The number of hydrogen-bond donors (Lipinski definition) is 1. The van der Waals surface area contributed by atoms with Crippen LogP contribution in [0.25, 0.3) is 0 Å². The highest BCUT2D eigenvalue weighted by atomic mass is 35.5. The number of aryl methyl sites for hydroxylation is 1. The molecule has 1 aromatic rings. The predicted molar refractivity (Wildman–Crippen MR) is 147 cm³/mol. The molecule has 2 unspecified atom stereocenters. The molecule has 3 fully saturated rings. The topological polar surface area (TPSA) is 90.4 Å². The van der Waals surface area contributed by atoms with E-state index < -0.39 is 35.6 Å². The fourth-order valence-corrected chi connectivity index (χ4v) is 7.00. The molecule has 38 heavy (non-hydrogen) atoms. The van der Waals surface area contributed by atoms with Gasteiger partial charge in [-0.25, -0.2) is 0 Å². The van der Waals surface area contributed by atoms with E-state index in [2.05, 4.69) is 13.2 Å². The summed E-state index contributed by atoms with van der Waals surface area (Å²) in [5.41, 5.74) is 0.184. The number of nitrogens with zero attached hydrogens (tertiary/aromatic N) is 3. The minimum atomic E-state index is -1.16. The van der Waals surface area contributed by atoms with Crippen LogP contribution in [0, 0.1) is 18.8 Å². The Hall–Kier alpha value is -2.68. The van der Waals surface area contributed by atoms with E-state index in [1.54, 1.807) is 34.9 Å². The molecule has 1 spiro atoms. The standard InChI is InChI=1S/C29H38ClN3O5/c1-6-14-31(15-7-2)26(35)22-21-12-13-29(38-21)23(22)27(36)33(19(5)17-34)25(29)28(37)32(16-8-3)24-18(4)10-9-11-20(24)30/h6,8-11,19,21-23,25,34H,1,3,7,12-17H2,2,4-5H3/t19-,21-,22+,23+,25?,29?/m1/s1. The van der Waals surface area contributed by atoms with Crippen molar-refractivity contribution in [2.24, 2.45) is 11.8 Å². The summed E-state index contributed by atoms with van der Waals surface area (Å²) in [6.07, 6.45) is 4.66. The third-order valence-corrected chi connectivity index (χ3v) is 8.49. The summed E-state index contributed by atoms with van der Waals surface area (Å²) < 4.78 is 6.55. The second kappa shape index (κ2) is 11.2. The molecule has 3 heterocycles. The van der Waals surface area contributed by atoms with Crippen LogP contribution in [-0.4, -0.2) is 82.7 Å². The molecule has 0 saturated carbocycles. The molecule has 0 aliphatic carbocycles. The Bertz CT molecular complexity index is 1110. The van der Waals surface area contributed by atoms with E-state index in [-0.39, 0.29) is 30.9 Å². The zero-order chi connectivity index (χ0) is 27.8. The van der Waals surface area contributed by atoms with Crippen LogP contribution in [0.3, 0.4) is 0 Å². The molecule has 2 bridgehead atoms. The molecule has 1 N–H and O–H groups in total. The zero-order valence-electron chi connectivity index (χ0n) is 22.4. The lowest BCUT2D eigenvalue weighted by Crippen LogP contribution is -2.58. The Morgan fingerprint density at radius 2 is 2.00 bits per heavy atom. The van der Waals surface area contributed by atoms with E-state index in [4.69, 9.17) is 16.3 Å². The van der Waals surface area contributed by atoms with Gasteiger partial charge in [-0.3, -0.25) is 14.4 Å². The molecule has 0 aromatic heterocycles. The lowest BCUT2D eigenvalue weighted by Gasteiger charge is -2.39. The number of halogens is 1. The van der Waals surface area contributed by atoms with E-state index in [0.717, 1.165) is 12.0 Å². The Labute approximate surface area is 229 Å². The first kappa shape index (κ1) is 28.3. The van der Waals surface area contributed by atoms with Gasteiger partial charge in [-0.2, -0.15) is 0 Å². The fraction of sp³-hybridized carbons (Fsp3) is 0.552. The summed E-state index contributed by atoms with van der Waals surface area (Å²) in [5, 5.41) is 10.5. The number of likely N-dealkylation sites (tertiary alicyclic amines) is 1. The normalized spacial score (nSPS) is 28.2. The Morgan fingerprint density at radius 3 is 2.61 bits per heavy atom. The summed E-state index contributed by atoms with van der Waals surface area (Å²) >= 11 is 6.57. The molecule has 206 valence electrons. The highest BCUT2D eigenvalue weighted by Gasteiger charge is 2.75. The smallest absolute Gasteiger partial charge is 0.253 e. The number of fused-ring (bicyclic) bond motifs is 1. The molecule has 4 rings (SSSR count). The molecule has 3 aliphatic rings. The van der Waals surface area contributed by atoms with Gasteiger partial charge in [0.1, 0.15) is 11.6 Å². The molecule has 6 atom stereocenters. The van der Waals surface area contributed by atoms with Gasteiger partial charge in [0.05, 0.1) is 41.3 Å². The van der Waals surface area contributed by atoms with Crippen LogP contribution in [0.4, 0.5) is 5.69 Å². The van der Waals surface area contributed by atoms with Crippen molar-refractivity contribution in [3.05, 3.63) is 54.1 Å². The van der Waals surface area contributed by atoms with Gasteiger partial charge in [0.2, 0.25) is 11.8 Å². The van der Waals surface area contributed by atoms with E-state index in [1.165, 1.54) is 4.90 Å². The lowest BCUT2D eigenvalue weighted by atomic mass is 9.70. The highest BCUT2D eigenvalue weighted by Crippen LogP contribution is 2.59. The van der Waals surface area contributed by atoms with Crippen LogP contribution in [0.1, 0.15) is 38.7 Å². The van der Waals surface area contributed by atoms with Crippen LogP contribution >= 0.6 is 11.6 Å². The second-order valence-corrected chi connectivity index (χ2v) is 11.0. The summed E-state index contributed by atoms with van der Waals surface area (Å²) in [5.74, 6) is -2.33. The van der Waals surface area contributed by atoms with Crippen molar-refractivity contribution in [3.63, 3.8) is 0 Å². The molecule has 3 saturated heterocycles. The van der Waals surface area contributed by atoms with Gasteiger partial charge in [-0.1, -0.05) is 42.8 Å². The fourth-order valence-electron chi connectivity index (χ4n) is 6.68. The van der Waals surface area contributed by atoms with Crippen molar-refractivity contribution in [1.82, 2.24) is 9.80 Å². The van der Waals surface area contributed by atoms with Gasteiger partial charge >= 0.3 is 0 Å². The number of carbonyl (C=O) groups excluding carboxylic acids is 3. The van der Waals surface area contributed by atoms with Gasteiger partial charge < -0.3 is 24.5 Å². The van der Waals surface area contributed by atoms with E-state index in [9.17, 15) is 19.5 Å². The largest absolute Gasteiger partial charge is 0.394 e. The minimum Gasteiger partial charge on any atom is -0.394 e. The summed E-state index contributed by atoms with van der Waals surface area (Å²) in [4.78, 5) is 47.2. The quantitative estimate of drug-likeness (QED) is 0.432. The van der Waals surface area contributed by atoms with Crippen molar-refractivity contribution in [3.8, 4) is 0 Å². The first-order valence-electron chi connectivity index (χ1n) is 13.4. The summed E-state index contributed by atoms with van der Waals surface area (Å²) in [6.45, 7) is 14.0. The number of anilines is 1. The summed E-state index contributed by atoms with van der Waals surface area (Å²) in [6, 6.07) is 3.74. The van der Waals surface area contributed by atoms with Crippen molar-refractivity contribution in [2.45, 2.75) is 63.8 Å². The average molecular weight is 544 g/mol. The molecular weight excluding hydrogens is 506 g/mol. The van der Waals surface area contributed by atoms with Gasteiger partial charge in [-0.15, -0.1) is 13.2 Å². The van der Waals surface area contributed by atoms with Gasteiger partial charge in [-0.05, 0) is 44.7 Å². The molecule has 3 aliphatic heterocycles. The van der Waals surface area contributed by atoms with Crippen LogP contribution in [0.15, 0.2) is 43.5 Å². The Balaban J connectivity index is 1.81. The maximum atomic E-state index is 14.5. The first-order chi connectivity index (χ1) is 18.2. The lowest BCUT2D eigenvalue weighted by molar-refractivity contribution is -0.147. The highest BCUT2D eigenvalue weighted by molar-refractivity contribution is 6.34. The molecule has 0 radical (unpaired) electrons. The third kappa shape index (κ3) is 4.36. The van der Waals surface area contributed by atoms with Crippen molar-refractivity contribution in [1.29, 1.82) is 0 Å². The minimum absolute atomic E-state index is 0.147. The summed E-state index contributed by atoms with van der Waals surface area (Å²) in [7, 11) is 0. The molecule has 8 nitrogen and oxygen atoms in total. The number of benzene rings is 1. The van der Waals surface area contributed by atoms with Crippen molar-refractivity contribution in [2.75, 3.05) is 31.1 Å². The number of amides is 3. The SMILES string of the molecule is C=CCN(CCC)C(=O)[C@@H]1[C@H]2C(=O)N([C@H](C)CO)C(C(=O)N(CC=C)c3c(C)cccc3Cl)C23CC[C@H]1O3. The zero-order valence-corrected chi connectivity index (χ0v) is 23.2. The maximum Gasteiger partial charge on any atom is 0.253 e. The van der Waals surface area contributed by atoms with Crippen LogP contribution in [-0.2, 0) is 19.1 Å². The predicted octanol–water partition coefficient (Wildman–Crippen LogP) is 3.35. The van der Waals surface area contributed by atoms with Crippen molar-refractivity contribution >= 4 is 35.0 Å². The maximum absolute atomic E-state index is 14.5. The number of ether oxygens (including phenoxy) is 1. The Kier molecular flexibility index (Phi) is 8.35. The van der Waals surface area contributed by atoms with Crippen LogP contribution in [0.5, 0.6) is 0 Å². The first-order valence-corrected chi connectivity index (χ1v) is 13.7. The van der Waals surface area contributed by atoms with Crippen LogP contribution in [0.2, 0.25) is 5.02 Å². The van der Waals surface area contributed by atoms with E-state index in [1.807, 2.05) is 26.0 Å². The monoisotopic (exact) mass is 543 g/mol. The number of hydrogen-bond acceptors (Lipinski definition) is 5. The van der Waals surface area contributed by atoms with Gasteiger partial charge in [0, 0.05) is 19.6 Å². The van der Waals surface area contributed by atoms with Crippen LogP contribution < -0.4 is 4.90 Å². The third-order valence-electron chi connectivity index (χ3n) is 8.19. The number of aliphatic hydroxyl groups is 1. The van der Waals surface area contributed by atoms with Gasteiger partial charge in [0.25, 0.3) is 5.91 Å². The van der Waals surface area contributed by atoms with E-state index in [0.29, 0.717) is 36.6 Å². The van der Waals surface area contributed by atoms with Gasteiger partial charge in [0.15, 0.2) is 0 Å². The Morgan fingerprint density at radius 1 is 1.29 bits per heavy atom.